The molecule has 0 aromatic heterocycles. The molecule has 0 aliphatic carbocycles. The minimum Gasteiger partial charge on any atom is -0.338 e. The van der Waals surface area contributed by atoms with Gasteiger partial charge in [0.15, 0.2) is 0 Å². The molecule has 1 aromatic carbocycles. The van der Waals surface area contributed by atoms with E-state index in [9.17, 15) is 27.2 Å². The average Bonchev–Trinajstić information content (AvgIpc) is 2.72. The Labute approximate surface area is 178 Å². The molecule has 2 N–H and O–H groups in total. The van der Waals surface area contributed by atoms with Crippen LogP contribution >= 0.6 is 0 Å². The zero-order valence-electron chi connectivity index (χ0n) is 17.5. The summed E-state index contributed by atoms with van der Waals surface area (Å²) in [5.74, 6) is -1.11. The third kappa shape index (κ3) is 5.85. The summed E-state index contributed by atoms with van der Waals surface area (Å²) in [5.41, 5.74) is -1.44. The molecular formula is C20H27F4N5O2. The van der Waals surface area contributed by atoms with Gasteiger partial charge in [-0.25, -0.2) is 9.18 Å². The summed E-state index contributed by atoms with van der Waals surface area (Å²) in [4.78, 5) is 30.6. The van der Waals surface area contributed by atoms with E-state index in [0.717, 1.165) is 19.2 Å². The molecule has 2 fully saturated rings. The first kappa shape index (κ1) is 23.3. The Morgan fingerprint density at radius 3 is 2.32 bits per heavy atom. The Balaban J connectivity index is 1.54. The van der Waals surface area contributed by atoms with Crippen molar-refractivity contribution in [2.75, 3.05) is 51.1 Å². The summed E-state index contributed by atoms with van der Waals surface area (Å²) >= 11 is 0. The lowest BCUT2D eigenvalue weighted by Crippen LogP contribution is -2.61. The van der Waals surface area contributed by atoms with E-state index in [2.05, 4.69) is 29.4 Å². The van der Waals surface area contributed by atoms with Crippen molar-refractivity contribution in [2.24, 2.45) is 0 Å². The fourth-order valence-electron chi connectivity index (χ4n) is 3.79. The normalized spacial score (nSPS) is 20.8. The van der Waals surface area contributed by atoms with Gasteiger partial charge in [0.25, 0.3) is 0 Å². The first-order valence-corrected chi connectivity index (χ1v) is 10.2. The molecule has 11 heteroatoms. The molecular weight excluding hydrogens is 418 g/mol. The van der Waals surface area contributed by atoms with Crippen LogP contribution in [0.25, 0.3) is 0 Å². The monoisotopic (exact) mass is 445 g/mol. The number of benzene rings is 1. The average molecular weight is 445 g/mol. The second kappa shape index (κ2) is 9.39. The van der Waals surface area contributed by atoms with Crippen molar-refractivity contribution in [3.8, 4) is 0 Å². The lowest BCUT2D eigenvalue weighted by molar-refractivity contribution is -0.138. The van der Waals surface area contributed by atoms with E-state index in [0.29, 0.717) is 37.8 Å². The number of halogens is 4. The first-order valence-electron chi connectivity index (χ1n) is 10.2. The van der Waals surface area contributed by atoms with Crippen molar-refractivity contribution < 1.29 is 27.2 Å². The van der Waals surface area contributed by atoms with Gasteiger partial charge in [-0.15, -0.1) is 0 Å². The van der Waals surface area contributed by atoms with Crippen LogP contribution in [-0.2, 0) is 11.0 Å². The number of urea groups is 1. The van der Waals surface area contributed by atoms with Crippen LogP contribution in [0.3, 0.4) is 0 Å². The quantitative estimate of drug-likeness (QED) is 0.701. The molecule has 2 aliphatic heterocycles. The van der Waals surface area contributed by atoms with Crippen molar-refractivity contribution in [3.63, 3.8) is 0 Å². The van der Waals surface area contributed by atoms with Gasteiger partial charge in [0.1, 0.15) is 5.82 Å². The topological polar surface area (TPSA) is 67.9 Å². The Hall–Kier alpha value is -2.40. The number of nitrogens with zero attached hydrogens (tertiary/aromatic N) is 3. The van der Waals surface area contributed by atoms with E-state index >= 15 is 0 Å². The van der Waals surface area contributed by atoms with Gasteiger partial charge < -0.3 is 20.4 Å². The molecule has 172 valence electrons. The molecule has 0 saturated carbocycles. The van der Waals surface area contributed by atoms with Gasteiger partial charge in [0, 0.05) is 57.5 Å². The van der Waals surface area contributed by atoms with Gasteiger partial charge in [0.2, 0.25) is 5.91 Å². The van der Waals surface area contributed by atoms with Crippen LogP contribution in [0.15, 0.2) is 18.2 Å². The second-order valence-electron chi connectivity index (χ2n) is 8.06. The number of nitrogens with one attached hydrogen (secondary N) is 2. The van der Waals surface area contributed by atoms with Crippen LogP contribution in [0.4, 0.5) is 28.0 Å². The Bertz CT molecular complexity index is 809. The smallest absolute Gasteiger partial charge is 0.338 e. The zero-order chi connectivity index (χ0) is 22.8. The molecule has 2 heterocycles. The largest absolute Gasteiger partial charge is 0.416 e. The second-order valence-corrected chi connectivity index (χ2v) is 8.06. The van der Waals surface area contributed by atoms with Gasteiger partial charge in [-0.2, -0.15) is 13.2 Å². The van der Waals surface area contributed by atoms with E-state index < -0.39 is 23.6 Å². The molecule has 2 aliphatic rings. The summed E-state index contributed by atoms with van der Waals surface area (Å²) < 4.78 is 52.1. The van der Waals surface area contributed by atoms with Crippen LogP contribution in [0.5, 0.6) is 0 Å². The minimum atomic E-state index is -4.72. The van der Waals surface area contributed by atoms with Gasteiger partial charge in [0.05, 0.1) is 11.6 Å². The molecule has 31 heavy (non-hydrogen) atoms. The third-order valence-corrected chi connectivity index (χ3v) is 5.59. The number of carbonyl (C=O) groups excluding carboxylic acids is 2. The number of alkyl halides is 3. The van der Waals surface area contributed by atoms with E-state index in [1.807, 2.05) is 0 Å². The van der Waals surface area contributed by atoms with E-state index in [-0.39, 0.29) is 30.7 Å². The standard InChI is InChI=1S/C20H27F4N5O2/c1-13(2)29-4-3-25-17(12-29)18(30)27-5-7-28(8-6-27)19(31)26-16-10-14(20(22,23)24)9-15(21)11-16/h9-11,13,17,25H,3-8,12H2,1-2H3,(H,26,31)/t17-/m1/s1. The first-order chi connectivity index (χ1) is 14.5. The zero-order valence-corrected chi connectivity index (χ0v) is 17.5. The summed E-state index contributed by atoms with van der Waals surface area (Å²) in [5, 5.41) is 5.55. The lowest BCUT2D eigenvalue weighted by atomic mass is 10.1. The number of rotatable bonds is 3. The maximum Gasteiger partial charge on any atom is 0.416 e. The van der Waals surface area contributed by atoms with Crippen LogP contribution < -0.4 is 10.6 Å². The van der Waals surface area contributed by atoms with E-state index in [1.54, 1.807) is 4.90 Å². The van der Waals surface area contributed by atoms with Crippen molar-refractivity contribution in [1.29, 1.82) is 0 Å². The molecule has 0 unspecified atom stereocenters. The molecule has 7 nitrogen and oxygen atoms in total. The van der Waals surface area contributed by atoms with Crippen LogP contribution in [0, 0.1) is 5.82 Å². The molecule has 0 radical (unpaired) electrons. The molecule has 0 spiro atoms. The SMILES string of the molecule is CC(C)N1CCN[C@@H](C(=O)N2CCN(C(=O)Nc3cc(F)cc(C(F)(F)F)c3)CC2)C1. The summed E-state index contributed by atoms with van der Waals surface area (Å²) in [7, 11) is 0. The van der Waals surface area contributed by atoms with Gasteiger partial charge in [-0.3, -0.25) is 9.69 Å². The Kier molecular flexibility index (Phi) is 7.05. The van der Waals surface area contributed by atoms with Crippen molar-refractivity contribution in [2.45, 2.75) is 32.1 Å². The maximum absolute atomic E-state index is 13.5. The van der Waals surface area contributed by atoms with Crippen molar-refractivity contribution >= 4 is 17.6 Å². The molecule has 3 rings (SSSR count). The molecule has 3 amide bonds. The predicted molar refractivity (Wildman–Crippen MR) is 107 cm³/mol. The van der Waals surface area contributed by atoms with E-state index in [4.69, 9.17) is 0 Å². The Morgan fingerprint density at radius 2 is 1.71 bits per heavy atom. The van der Waals surface area contributed by atoms with Crippen molar-refractivity contribution in [1.82, 2.24) is 20.0 Å². The van der Waals surface area contributed by atoms with Crippen LogP contribution in [-0.4, -0.2) is 84.5 Å². The molecule has 1 aromatic rings. The highest BCUT2D eigenvalue weighted by Gasteiger charge is 2.33. The van der Waals surface area contributed by atoms with Crippen LogP contribution in [0.1, 0.15) is 19.4 Å². The third-order valence-electron chi connectivity index (χ3n) is 5.59. The number of carbonyl (C=O) groups is 2. The van der Waals surface area contributed by atoms with Gasteiger partial charge in [-0.1, -0.05) is 0 Å². The highest BCUT2D eigenvalue weighted by molar-refractivity contribution is 5.90. The molecule has 0 bridgehead atoms. The Morgan fingerprint density at radius 1 is 1.06 bits per heavy atom. The fourth-order valence-corrected chi connectivity index (χ4v) is 3.79. The van der Waals surface area contributed by atoms with Gasteiger partial charge >= 0.3 is 12.2 Å². The molecule has 2 saturated heterocycles. The fraction of sp³-hybridized carbons (Fsp3) is 0.600. The number of hydrogen-bond donors (Lipinski definition) is 2. The predicted octanol–water partition coefficient (Wildman–Crippen LogP) is 2.20. The highest BCUT2D eigenvalue weighted by atomic mass is 19.4. The van der Waals surface area contributed by atoms with E-state index in [1.165, 1.54) is 4.90 Å². The highest BCUT2D eigenvalue weighted by Crippen LogP contribution is 2.31. The number of amides is 3. The number of anilines is 1. The minimum absolute atomic E-state index is 0.0228. The summed E-state index contributed by atoms with van der Waals surface area (Å²) in [6, 6.07) is 1.31. The number of hydrogen-bond acceptors (Lipinski definition) is 4. The maximum atomic E-state index is 13.5. The summed E-state index contributed by atoms with van der Waals surface area (Å²) in [6.45, 7) is 7.51. The number of piperazine rings is 2. The summed E-state index contributed by atoms with van der Waals surface area (Å²) in [6.07, 6.45) is -4.72. The van der Waals surface area contributed by atoms with Crippen LogP contribution in [0.2, 0.25) is 0 Å². The van der Waals surface area contributed by atoms with Gasteiger partial charge in [-0.05, 0) is 32.0 Å². The molecule has 1 atom stereocenters. The van der Waals surface area contributed by atoms with Crippen molar-refractivity contribution in [3.05, 3.63) is 29.6 Å². The lowest BCUT2D eigenvalue weighted by Gasteiger charge is -2.40.